The highest BCUT2D eigenvalue weighted by Gasteiger charge is 2.80. The molecule has 9 heteroatoms. The Morgan fingerprint density at radius 2 is 1.11 bits per heavy atom. The van der Waals surface area contributed by atoms with E-state index in [9.17, 15) is 34.8 Å². The third-order valence-electron chi connectivity index (χ3n) is 6.05. The fourth-order valence-corrected chi connectivity index (χ4v) is 4.88. The largest absolute Gasteiger partial charge is 0.382 e. The fourth-order valence-electron chi connectivity index (χ4n) is 4.20. The van der Waals surface area contributed by atoms with Crippen molar-refractivity contribution in [2.75, 3.05) is 0 Å². The number of Topliss-reactive ketones (excluding diaryl/α,β-unsaturated/α-hetero) is 3. The molecule has 0 spiro atoms. The van der Waals surface area contributed by atoms with Crippen LogP contribution in [0.4, 0.5) is 0 Å². The first-order valence-electron chi connectivity index (χ1n) is 10.6. The summed E-state index contributed by atoms with van der Waals surface area (Å²) in [4.78, 5) is 40.3. The standard InChI is InChI=1S/C26H21BrO8/c27-26(34)25(33,22(31)18-14-8-3-9-15-18)24(32,21(30)17-12-6-2-7-13-17)23(35-26)20(29)19(28)16-10-4-1-5-11-16/h1-15,20,23,29,32-34H/t20?,23-,24-,25-,26?/m1/s1. The highest BCUT2D eigenvalue weighted by atomic mass is 79.9. The highest BCUT2D eigenvalue weighted by molar-refractivity contribution is 9.10. The normalized spacial score (nSPS) is 28.9. The van der Waals surface area contributed by atoms with Crippen LogP contribution < -0.4 is 0 Å². The Kier molecular flexibility index (Phi) is 6.58. The molecular weight excluding hydrogens is 520 g/mol. The summed E-state index contributed by atoms with van der Waals surface area (Å²) in [6.07, 6.45) is -4.50. The lowest BCUT2D eigenvalue weighted by Gasteiger charge is -2.39. The van der Waals surface area contributed by atoms with Crippen molar-refractivity contribution in [2.45, 2.75) is 28.1 Å². The third kappa shape index (κ3) is 3.86. The molecule has 0 bridgehead atoms. The van der Waals surface area contributed by atoms with Gasteiger partial charge in [0.25, 0.3) is 4.70 Å². The minimum absolute atomic E-state index is 0.0149. The van der Waals surface area contributed by atoms with E-state index in [-0.39, 0.29) is 16.7 Å². The van der Waals surface area contributed by atoms with Gasteiger partial charge in [-0.2, -0.15) is 0 Å². The number of benzene rings is 3. The van der Waals surface area contributed by atoms with Gasteiger partial charge in [-0.3, -0.25) is 14.4 Å². The van der Waals surface area contributed by atoms with Crippen LogP contribution in [-0.4, -0.2) is 65.9 Å². The lowest BCUT2D eigenvalue weighted by molar-refractivity contribution is -0.185. The molecule has 0 radical (unpaired) electrons. The van der Waals surface area contributed by atoms with Crippen molar-refractivity contribution in [1.29, 1.82) is 0 Å². The lowest BCUT2D eigenvalue weighted by Crippen LogP contribution is -2.71. The van der Waals surface area contributed by atoms with Crippen LogP contribution >= 0.6 is 15.9 Å². The van der Waals surface area contributed by atoms with Gasteiger partial charge < -0.3 is 25.2 Å². The van der Waals surface area contributed by atoms with E-state index < -0.39 is 45.5 Å². The van der Waals surface area contributed by atoms with Crippen molar-refractivity contribution in [3.8, 4) is 0 Å². The number of halogens is 1. The molecular formula is C26H21BrO8. The number of rotatable bonds is 7. The number of carbonyl (C=O) groups is 3. The molecule has 180 valence electrons. The van der Waals surface area contributed by atoms with Crippen LogP contribution in [0.5, 0.6) is 0 Å². The van der Waals surface area contributed by atoms with E-state index in [0.717, 1.165) is 0 Å². The summed E-state index contributed by atoms with van der Waals surface area (Å²) in [5.41, 5.74) is -6.99. The van der Waals surface area contributed by atoms with Gasteiger partial charge in [0, 0.05) is 16.7 Å². The summed E-state index contributed by atoms with van der Waals surface area (Å²) in [7, 11) is 0. The average molecular weight is 541 g/mol. The number of hydrogen-bond donors (Lipinski definition) is 4. The van der Waals surface area contributed by atoms with Crippen molar-refractivity contribution in [3.05, 3.63) is 108 Å². The molecule has 0 saturated carbocycles. The summed E-state index contributed by atoms with van der Waals surface area (Å²) in [5, 5.41) is 45.6. The topological polar surface area (TPSA) is 141 Å². The molecule has 1 fully saturated rings. The Bertz CT molecular complexity index is 1250. The molecule has 0 aliphatic carbocycles. The summed E-state index contributed by atoms with van der Waals surface area (Å²) in [6.45, 7) is 0. The van der Waals surface area contributed by atoms with E-state index in [1.807, 2.05) is 0 Å². The second-order valence-electron chi connectivity index (χ2n) is 8.14. The zero-order chi connectivity index (χ0) is 25.4. The minimum atomic E-state index is -3.38. The third-order valence-corrected chi connectivity index (χ3v) is 6.81. The van der Waals surface area contributed by atoms with Crippen LogP contribution in [0.2, 0.25) is 0 Å². The van der Waals surface area contributed by atoms with Gasteiger partial charge in [0.05, 0.1) is 0 Å². The van der Waals surface area contributed by atoms with Gasteiger partial charge in [-0.05, 0) is 15.9 Å². The maximum absolute atomic E-state index is 13.7. The molecule has 1 aliphatic rings. The minimum Gasteiger partial charge on any atom is -0.382 e. The lowest BCUT2D eigenvalue weighted by atomic mass is 9.70. The second kappa shape index (κ2) is 9.19. The first kappa shape index (κ1) is 25.1. The van der Waals surface area contributed by atoms with Crippen molar-refractivity contribution in [2.24, 2.45) is 0 Å². The molecule has 0 aromatic heterocycles. The van der Waals surface area contributed by atoms with Crippen LogP contribution in [0.3, 0.4) is 0 Å². The predicted octanol–water partition coefficient (Wildman–Crippen LogP) is 1.90. The van der Waals surface area contributed by atoms with Crippen molar-refractivity contribution >= 4 is 33.3 Å². The Balaban J connectivity index is 1.91. The van der Waals surface area contributed by atoms with Gasteiger partial charge in [-0.15, -0.1) is 0 Å². The van der Waals surface area contributed by atoms with E-state index in [1.165, 1.54) is 72.8 Å². The van der Waals surface area contributed by atoms with E-state index in [1.54, 1.807) is 18.2 Å². The maximum atomic E-state index is 13.7. The molecule has 0 amide bonds. The van der Waals surface area contributed by atoms with Gasteiger partial charge in [-0.25, -0.2) is 0 Å². The van der Waals surface area contributed by atoms with Gasteiger partial charge in [-0.1, -0.05) is 91.0 Å². The molecule has 8 nitrogen and oxygen atoms in total. The first-order chi connectivity index (χ1) is 16.6. The molecule has 35 heavy (non-hydrogen) atoms. The fraction of sp³-hybridized carbons (Fsp3) is 0.192. The zero-order valence-corrected chi connectivity index (χ0v) is 19.7. The monoisotopic (exact) mass is 540 g/mol. The summed E-state index contributed by atoms with van der Waals surface area (Å²) in [6, 6.07) is 21.8. The van der Waals surface area contributed by atoms with E-state index >= 15 is 0 Å². The zero-order valence-electron chi connectivity index (χ0n) is 18.1. The molecule has 3 aromatic carbocycles. The van der Waals surface area contributed by atoms with Crippen LogP contribution in [0.15, 0.2) is 91.0 Å². The summed E-state index contributed by atoms with van der Waals surface area (Å²) in [5.74, 6) is -3.48. The van der Waals surface area contributed by atoms with Gasteiger partial charge in [0.2, 0.25) is 17.2 Å². The molecule has 5 atom stereocenters. The number of hydrogen-bond acceptors (Lipinski definition) is 8. The van der Waals surface area contributed by atoms with Crippen molar-refractivity contribution < 1.29 is 39.5 Å². The Labute approximate surface area is 208 Å². The quantitative estimate of drug-likeness (QED) is 0.263. The number of alkyl halides is 1. The average Bonchev–Trinajstić information content (AvgIpc) is 3.07. The molecule has 4 rings (SSSR count). The van der Waals surface area contributed by atoms with Crippen LogP contribution in [0.25, 0.3) is 0 Å². The van der Waals surface area contributed by atoms with Crippen LogP contribution in [0.1, 0.15) is 31.1 Å². The number of ketones is 3. The van der Waals surface area contributed by atoms with E-state index in [0.29, 0.717) is 0 Å². The molecule has 1 heterocycles. The maximum Gasteiger partial charge on any atom is 0.265 e. The molecule has 3 aromatic rings. The number of aliphatic hydroxyl groups is 4. The number of carbonyl (C=O) groups excluding carboxylic acids is 3. The highest BCUT2D eigenvalue weighted by Crippen LogP contribution is 2.52. The Morgan fingerprint density at radius 1 is 0.714 bits per heavy atom. The predicted molar refractivity (Wildman–Crippen MR) is 127 cm³/mol. The van der Waals surface area contributed by atoms with E-state index in [4.69, 9.17) is 4.74 Å². The summed E-state index contributed by atoms with van der Waals surface area (Å²) >= 11 is 2.72. The SMILES string of the molecule is O=C(c1ccccc1)C(O)[C@H]1OC(O)(Br)[C@@](O)(C(=O)c2ccccc2)[C@@]1(O)C(=O)c1ccccc1. The van der Waals surface area contributed by atoms with Crippen LogP contribution in [-0.2, 0) is 4.74 Å². The van der Waals surface area contributed by atoms with Gasteiger partial charge in [0.1, 0.15) is 12.2 Å². The van der Waals surface area contributed by atoms with Crippen molar-refractivity contribution in [3.63, 3.8) is 0 Å². The molecule has 4 N–H and O–H groups in total. The van der Waals surface area contributed by atoms with Crippen LogP contribution in [0, 0.1) is 0 Å². The molecule has 2 unspecified atom stereocenters. The second-order valence-corrected chi connectivity index (χ2v) is 9.22. The number of aliphatic hydroxyl groups excluding tert-OH is 1. The Hall–Kier alpha value is -3.05. The summed E-state index contributed by atoms with van der Waals surface area (Å²) < 4.78 is 2.27. The first-order valence-corrected chi connectivity index (χ1v) is 11.4. The van der Waals surface area contributed by atoms with Gasteiger partial charge >= 0.3 is 0 Å². The van der Waals surface area contributed by atoms with Gasteiger partial charge in [0.15, 0.2) is 11.4 Å². The Morgan fingerprint density at radius 3 is 1.57 bits per heavy atom. The van der Waals surface area contributed by atoms with Crippen molar-refractivity contribution in [1.82, 2.24) is 0 Å². The molecule has 1 aliphatic heterocycles. The van der Waals surface area contributed by atoms with E-state index in [2.05, 4.69) is 15.9 Å². The smallest absolute Gasteiger partial charge is 0.265 e. The number of ether oxygens (including phenoxy) is 1. The molecule has 1 saturated heterocycles.